The molecule has 8 heteroatoms. The molecule has 1 aromatic heterocycles. The van der Waals surface area contributed by atoms with E-state index in [-0.39, 0.29) is 17.4 Å². The van der Waals surface area contributed by atoms with Gasteiger partial charge in [0.05, 0.1) is 30.6 Å². The van der Waals surface area contributed by atoms with Crippen LogP contribution in [0.1, 0.15) is 37.6 Å². The predicted octanol–water partition coefficient (Wildman–Crippen LogP) is 3.01. The van der Waals surface area contributed by atoms with Crippen molar-refractivity contribution in [2.45, 2.75) is 32.4 Å². The second-order valence-electron chi connectivity index (χ2n) is 8.75. The van der Waals surface area contributed by atoms with Gasteiger partial charge in [0.15, 0.2) is 0 Å². The molecule has 0 saturated carbocycles. The molecule has 0 bridgehead atoms. The summed E-state index contributed by atoms with van der Waals surface area (Å²) in [6.45, 7) is 8.19. The summed E-state index contributed by atoms with van der Waals surface area (Å²) in [6, 6.07) is 11.5. The van der Waals surface area contributed by atoms with Gasteiger partial charge in [-0.05, 0) is 56.7 Å². The van der Waals surface area contributed by atoms with Crippen molar-refractivity contribution in [3.05, 3.63) is 65.5 Å². The smallest absolute Gasteiger partial charge is 0.295 e. The van der Waals surface area contributed by atoms with Crippen LogP contribution < -0.4 is 4.74 Å². The van der Waals surface area contributed by atoms with Gasteiger partial charge in [0.2, 0.25) is 0 Å². The van der Waals surface area contributed by atoms with E-state index in [1.165, 1.54) is 4.90 Å². The third kappa shape index (κ3) is 5.29. The van der Waals surface area contributed by atoms with Crippen molar-refractivity contribution in [3.63, 3.8) is 0 Å². The molecule has 8 nitrogen and oxygen atoms in total. The molecule has 180 valence electrons. The number of pyridine rings is 1. The number of amides is 1. The standard InChI is InChI=1S/C26H31N3O5/c1-18(2)34-20-9-7-19(8-10-20)24(30)22-23(21-6-3-4-11-27-21)29(26(32)25(22)31)13-5-12-28-14-16-33-17-15-28/h3-4,6-11,18,23,30H,5,12-17H2,1-2H3/b24-22-. The fourth-order valence-electron chi connectivity index (χ4n) is 4.36. The van der Waals surface area contributed by atoms with Crippen molar-refractivity contribution in [2.24, 2.45) is 0 Å². The number of ether oxygens (including phenoxy) is 2. The fourth-order valence-corrected chi connectivity index (χ4v) is 4.36. The molecule has 2 saturated heterocycles. The van der Waals surface area contributed by atoms with Gasteiger partial charge in [0.25, 0.3) is 11.7 Å². The van der Waals surface area contributed by atoms with Crippen LogP contribution in [-0.2, 0) is 14.3 Å². The van der Waals surface area contributed by atoms with Crippen LogP contribution in [-0.4, -0.2) is 77.1 Å². The summed E-state index contributed by atoms with van der Waals surface area (Å²) < 4.78 is 11.1. The van der Waals surface area contributed by atoms with Crippen LogP contribution >= 0.6 is 0 Å². The lowest BCUT2D eigenvalue weighted by Crippen LogP contribution is -2.39. The van der Waals surface area contributed by atoms with Crippen molar-refractivity contribution in [2.75, 3.05) is 39.4 Å². The lowest BCUT2D eigenvalue weighted by Gasteiger charge is -2.28. The molecule has 2 aromatic rings. The first-order valence-corrected chi connectivity index (χ1v) is 11.7. The van der Waals surface area contributed by atoms with Crippen LogP contribution in [0.3, 0.4) is 0 Å². The average molecular weight is 466 g/mol. The Morgan fingerprint density at radius 3 is 2.50 bits per heavy atom. The Hall–Kier alpha value is -3.23. The van der Waals surface area contributed by atoms with Crippen molar-refractivity contribution in [1.29, 1.82) is 0 Å². The van der Waals surface area contributed by atoms with Crippen molar-refractivity contribution < 1.29 is 24.2 Å². The normalized spacial score (nSPS) is 20.8. The Morgan fingerprint density at radius 2 is 1.85 bits per heavy atom. The zero-order valence-electron chi connectivity index (χ0n) is 19.6. The number of nitrogens with zero attached hydrogens (tertiary/aromatic N) is 3. The van der Waals surface area contributed by atoms with Gasteiger partial charge in [-0.3, -0.25) is 19.5 Å². The lowest BCUT2D eigenvalue weighted by molar-refractivity contribution is -0.140. The number of carbonyl (C=O) groups excluding carboxylic acids is 2. The van der Waals surface area contributed by atoms with Gasteiger partial charge in [0, 0.05) is 37.9 Å². The van der Waals surface area contributed by atoms with E-state index in [9.17, 15) is 14.7 Å². The van der Waals surface area contributed by atoms with E-state index >= 15 is 0 Å². The quantitative estimate of drug-likeness (QED) is 0.364. The molecule has 0 radical (unpaired) electrons. The van der Waals surface area contributed by atoms with Gasteiger partial charge in [0.1, 0.15) is 17.6 Å². The number of aliphatic hydroxyl groups excluding tert-OH is 1. The second-order valence-corrected chi connectivity index (χ2v) is 8.75. The summed E-state index contributed by atoms with van der Waals surface area (Å²) in [5, 5.41) is 11.1. The van der Waals surface area contributed by atoms with Gasteiger partial charge in [-0.15, -0.1) is 0 Å². The monoisotopic (exact) mass is 465 g/mol. The number of hydrogen-bond donors (Lipinski definition) is 1. The minimum Gasteiger partial charge on any atom is -0.507 e. The fraction of sp³-hybridized carbons (Fsp3) is 0.423. The number of Topliss-reactive ketones (excluding diaryl/α,β-unsaturated/α-hetero) is 1. The number of aromatic nitrogens is 1. The van der Waals surface area contributed by atoms with Gasteiger partial charge in [-0.2, -0.15) is 0 Å². The van der Waals surface area contributed by atoms with Crippen LogP contribution in [0.5, 0.6) is 5.75 Å². The van der Waals surface area contributed by atoms with E-state index in [0.29, 0.717) is 43.2 Å². The van der Waals surface area contributed by atoms with Gasteiger partial charge >= 0.3 is 0 Å². The summed E-state index contributed by atoms with van der Waals surface area (Å²) in [5.74, 6) is -0.849. The minimum atomic E-state index is -0.738. The zero-order chi connectivity index (χ0) is 24.1. The molecule has 1 amide bonds. The van der Waals surface area contributed by atoms with Gasteiger partial charge in [-0.1, -0.05) is 6.07 Å². The molecule has 1 aromatic carbocycles. The number of ketones is 1. The van der Waals surface area contributed by atoms with E-state index in [4.69, 9.17) is 9.47 Å². The highest BCUT2D eigenvalue weighted by Crippen LogP contribution is 2.38. The minimum absolute atomic E-state index is 0.0198. The molecular formula is C26H31N3O5. The molecule has 0 aliphatic carbocycles. The van der Waals surface area contributed by atoms with Gasteiger partial charge < -0.3 is 19.5 Å². The van der Waals surface area contributed by atoms with Crippen LogP contribution in [0, 0.1) is 0 Å². The Morgan fingerprint density at radius 1 is 1.12 bits per heavy atom. The summed E-state index contributed by atoms with van der Waals surface area (Å²) in [4.78, 5) is 34.4. The highest BCUT2D eigenvalue weighted by Gasteiger charge is 2.46. The largest absolute Gasteiger partial charge is 0.507 e. The maximum atomic E-state index is 13.1. The molecule has 2 fully saturated rings. The highest BCUT2D eigenvalue weighted by molar-refractivity contribution is 6.46. The number of morpholine rings is 1. The maximum absolute atomic E-state index is 13.1. The molecule has 0 spiro atoms. The summed E-state index contributed by atoms with van der Waals surface area (Å²) in [7, 11) is 0. The molecule has 1 unspecified atom stereocenters. The molecule has 1 atom stereocenters. The molecule has 1 N–H and O–H groups in total. The van der Waals surface area contributed by atoms with E-state index < -0.39 is 17.7 Å². The maximum Gasteiger partial charge on any atom is 0.295 e. The summed E-state index contributed by atoms with van der Waals surface area (Å²) in [6.07, 6.45) is 2.35. The Balaban J connectivity index is 1.62. The first-order chi connectivity index (χ1) is 16.5. The first kappa shape index (κ1) is 23.9. The molecular weight excluding hydrogens is 434 g/mol. The number of likely N-dealkylation sites (tertiary alicyclic amines) is 1. The molecule has 2 aliphatic heterocycles. The molecule has 3 heterocycles. The third-order valence-electron chi connectivity index (χ3n) is 5.98. The van der Waals surface area contributed by atoms with E-state index in [2.05, 4.69) is 9.88 Å². The van der Waals surface area contributed by atoms with Crippen LogP contribution in [0.4, 0.5) is 0 Å². The average Bonchev–Trinajstić information content (AvgIpc) is 3.10. The number of hydrogen-bond acceptors (Lipinski definition) is 7. The summed E-state index contributed by atoms with van der Waals surface area (Å²) in [5.41, 5.74) is 1.06. The number of carbonyl (C=O) groups is 2. The van der Waals surface area contributed by atoms with E-state index in [1.807, 2.05) is 19.9 Å². The first-order valence-electron chi connectivity index (χ1n) is 11.7. The topological polar surface area (TPSA) is 92.2 Å². The highest BCUT2D eigenvalue weighted by atomic mass is 16.5. The van der Waals surface area contributed by atoms with Gasteiger partial charge in [-0.25, -0.2) is 0 Å². The van der Waals surface area contributed by atoms with Crippen molar-refractivity contribution in [1.82, 2.24) is 14.8 Å². The van der Waals surface area contributed by atoms with E-state index in [0.717, 1.165) is 19.6 Å². The van der Waals surface area contributed by atoms with Crippen LogP contribution in [0.25, 0.3) is 5.76 Å². The Kier molecular flexibility index (Phi) is 7.59. The zero-order valence-corrected chi connectivity index (χ0v) is 19.6. The number of rotatable bonds is 8. The van der Waals surface area contributed by atoms with E-state index in [1.54, 1.807) is 42.6 Å². The second kappa shape index (κ2) is 10.8. The van der Waals surface area contributed by atoms with Crippen molar-refractivity contribution in [3.8, 4) is 5.75 Å². The number of aliphatic hydroxyl groups is 1. The SMILES string of the molecule is CC(C)Oc1ccc(/C(O)=C2/C(=O)C(=O)N(CCCN3CCOCC3)C2c2ccccn2)cc1. The molecule has 2 aliphatic rings. The molecule has 4 rings (SSSR count). The van der Waals surface area contributed by atoms with Crippen molar-refractivity contribution >= 4 is 17.4 Å². The number of benzene rings is 1. The predicted molar refractivity (Wildman–Crippen MR) is 127 cm³/mol. The Labute approximate surface area is 199 Å². The summed E-state index contributed by atoms with van der Waals surface area (Å²) >= 11 is 0. The Bertz CT molecular complexity index is 1030. The van der Waals surface area contributed by atoms with Crippen LogP contribution in [0.15, 0.2) is 54.2 Å². The third-order valence-corrected chi connectivity index (χ3v) is 5.98. The van der Waals surface area contributed by atoms with Crippen LogP contribution in [0.2, 0.25) is 0 Å². The molecule has 34 heavy (non-hydrogen) atoms. The lowest BCUT2D eigenvalue weighted by atomic mass is 9.98.